The van der Waals surface area contributed by atoms with Gasteiger partial charge in [-0.05, 0) is 42.8 Å². The summed E-state index contributed by atoms with van der Waals surface area (Å²) in [6.07, 6.45) is 2.35. The summed E-state index contributed by atoms with van der Waals surface area (Å²) in [5.74, 6) is -3.91. The molecule has 0 spiro atoms. The average molecular weight is 459 g/mol. The minimum absolute atomic E-state index is 0.0759. The second kappa shape index (κ2) is 11.5. The van der Waals surface area contributed by atoms with Gasteiger partial charge in [-0.2, -0.15) is 5.26 Å². The molecule has 1 unspecified atom stereocenters. The van der Waals surface area contributed by atoms with E-state index in [0.717, 1.165) is 10.6 Å². The number of methoxy groups -OCH3 is 1. The van der Waals surface area contributed by atoms with Crippen molar-refractivity contribution < 1.29 is 27.9 Å². The molecule has 1 aromatic carbocycles. The summed E-state index contributed by atoms with van der Waals surface area (Å²) in [5.41, 5.74) is 5.83. The Balaban J connectivity index is 0.000000294. The predicted octanol–water partition coefficient (Wildman–Crippen LogP) is 1.76. The van der Waals surface area contributed by atoms with Crippen LogP contribution in [-0.4, -0.2) is 59.8 Å². The van der Waals surface area contributed by atoms with Gasteiger partial charge in [0.25, 0.3) is 11.8 Å². The summed E-state index contributed by atoms with van der Waals surface area (Å²) in [6, 6.07) is 10.5. The first-order chi connectivity index (χ1) is 15.7. The van der Waals surface area contributed by atoms with E-state index in [-0.39, 0.29) is 6.42 Å². The number of benzene rings is 1. The molecule has 3 rings (SSSR count). The fourth-order valence-electron chi connectivity index (χ4n) is 2.96. The highest BCUT2D eigenvalue weighted by Crippen LogP contribution is 2.29. The monoisotopic (exact) mass is 459 g/mol. The van der Waals surface area contributed by atoms with Crippen LogP contribution in [0.2, 0.25) is 0 Å². The van der Waals surface area contributed by atoms with Crippen LogP contribution >= 0.6 is 0 Å². The van der Waals surface area contributed by atoms with Crippen LogP contribution < -0.4 is 15.8 Å². The van der Waals surface area contributed by atoms with Gasteiger partial charge in [-0.1, -0.05) is 0 Å². The van der Waals surface area contributed by atoms with E-state index in [1.165, 1.54) is 24.5 Å². The summed E-state index contributed by atoms with van der Waals surface area (Å²) in [5, 5.41) is 11.3. The van der Waals surface area contributed by atoms with Crippen LogP contribution in [0.15, 0.2) is 48.8 Å². The van der Waals surface area contributed by atoms with E-state index in [1.54, 1.807) is 31.4 Å². The Morgan fingerprint density at radius 1 is 1.21 bits per heavy atom. The van der Waals surface area contributed by atoms with Crippen LogP contribution in [0.5, 0.6) is 5.75 Å². The van der Waals surface area contributed by atoms with Gasteiger partial charge in [0.1, 0.15) is 11.8 Å². The smallest absolute Gasteiger partial charge is 0.265 e. The first-order valence-corrected chi connectivity index (χ1v) is 9.86. The van der Waals surface area contributed by atoms with Gasteiger partial charge in [0, 0.05) is 29.9 Å². The molecule has 3 N–H and O–H groups in total. The van der Waals surface area contributed by atoms with Crippen molar-refractivity contribution in [2.75, 3.05) is 20.2 Å². The normalized spacial score (nSPS) is 16.4. The number of hydrogen-bond donors (Lipinski definition) is 2. The molecule has 1 atom stereocenters. The topological polar surface area (TPSA) is 138 Å². The van der Waals surface area contributed by atoms with E-state index in [4.69, 9.17) is 15.7 Å². The third-order valence-electron chi connectivity index (χ3n) is 4.75. The van der Waals surface area contributed by atoms with Crippen molar-refractivity contribution in [3.05, 3.63) is 59.9 Å². The Bertz CT molecular complexity index is 1010. The number of pyridine rings is 1. The SMILES string of the molecule is COc1ccc(C(N)=O)cc1.N#CC1CCC(F)(F)CN1C(=O)CNC(=O)c1ccncc1. The number of nitrogens with two attached hydrogens (primary N) is 1. The second-order valence-electron chi connectivity index (χ2n) is 7.07. The number of nitriles is 1. The second-order valence-corrected chi connectivity index (χ2v) is 7.07. The van der Waals surface area contributed by atoms with E-state index in [1.807, 2.05) is 6.07 Å². The zero-order chi connectivity index (χ0) is 24.4. The lowest BCUT2D eigenvalue weighted by atomic mass is 10.00. The molecular formula is C22H23F2N5O4. The van der Waals surface area contributed by atoms with Gasteiger partial charge in [-0.25, -0.2) is 8.78 Å². The summed E-state index contributed by atoms with van der Waals surface area (Å²) < 4.78 is 31.7. The minimum atomic E-state index is -3.00. The lowest BCUT2D eigenvalue weighted by Crippen LogP contribution is -2.53. The molecule has 0 saturated carbocycles. The molecule has 2 heterocycles. The molecule has 0 aliphatic carbocycles. The molecule has 1 aliphatic rings. The predicted molar refractivity (Wildman–Crippen MR) is 113 cm³/mol. The standard InChI is InChI=1S/C14H14F2N4O2.C8H9NO2/c15-14(16)4-1-11(7-17)20(9-14)12(21)8-19-13(22)10-2-5-18-6-3-10;1-11-7-4-2-6(3-5-7)8(9)10/h2-3,5-6,11H,1,4,8-9H2,(H,19,22);2-5H,1H3,(H2,9,10). The van der Waals surface area contributed by atoms with Crippen LogP contribution in [0.4, 0.5) is 8.78 Å². The van der Waals surface area contributed by atoms with E-state index >= 15 is 0 Å². The zero-order valence-corrected chi connectivity index (χ0v) is 17.8. The number of carbonyl (C=O) groups excluding carboxylic acids is 3. The Kier molecular flexibility index (Phi) is 8.80. The van der Waals surface area contributed by atoms with E-state index in [9.17, 15) is 23.2 Å². The maximum absolute atomic E-state index is 13.4. The summed E-state index contributed by atoms with van der Waals surface area (Å²) >= 11 is 0. The highest BCUT2D eigenvalue weighted by molar-refractivity contribution is 5.96. The molecule has 9 nitrogen and oxygen atoms in total. The molecule has 1 aliphatic heterocycles. The van der Waals surface area contributed by atoms with Crippen molar-refractivity contribution in [3.63, 3.8) is 0 Å². The number of halogens is 2. The van der Waals surface area contributed by atoms with Gasteiger partial charge in [-0.15, -0.1) is 0 Å². The van der Waals surface area contributed by atoms with Gasteiger partial charge in [0.05, 0.1) is 26.3 Å². The fourth-order valence-corrected chi connectivity index (χ4v) is 2.96. The molecule has 0 radical (unpaired) electrons. The van der Waals surface area contributed by atoms with E-state index < -0.39 is 49.2 Å². The van der Waals surface area contributed by atoms with Crippen molar-refractivity contribution >= 4 is 17.7 Å². The number of alkyl halides is 2. The highest BCUT2D eigenvalue weighted by Gasteiger charge is 2.42. The van der Waals surface area contributed by atoms with E-state index in [0.29, 0.717) is 11.1 Å². The summed E-state index contributed by atoms with van der Waals surface area (Å²) in [4.78, 5) is 39.0. The van der Waals surface area contributed by atoms with Gasteiger partial charge < -0.3 is 20.7 Å². The molecule has 2 aromatic rings. The molecule has 1 fully saturated rings. The molecule has 33 heavy (non-hydrogen) atoms. The third kappa shape index (κ3) is 7.53. The largest absolute Gasteiger partial charge is 0.497 e. The zero-order valence-electron chi connectivity index (χ0n) is 17.8. The van der Waals surface area contributed by atoms with Crippen LogP contribution in [0.3, 0.4) is 0 Å². The van der Waals surface area contributed by atoms with E-state index in [2.05, 4.69) is 10.3 Å². The third-order valence-corrected chi connectivity index (χ3v) is 4.75. The average Bonchev–Trinajstić information content (AvgIpc) is 2.82. The van der Waals surface area contributed by atoms with Crippen LogP contribution in [0, 0.1) is 11.3 Å². The number of aromatic nitrogens is 1. The number of likely N-dealkylation sites (tertiary alicyclic amines) is 1. The maximum atomic E-state index is 13.4. The van der Waals surface area contributed by atoms with Crippen molar-refractivity contribution in [1.29, 1.82) is 5.26 Å². The maximum Gasteiger partial charge on any atom is 0.265 e. The van der Waals surface area contributed by atoms with Gasteiger partial charge in [0.2, 0.25) is 11.8 Å². The van der Waals surface area contributed by atoms with Gasteiger partial charge in [-0.3, -0.25) is 19.4 Å². The number of rotatable bonds is 5. The quantitative estimate of drug-likeness (QED) is 0.699. The molecule has 1 aromatic heterocycles. The number of ether oxygens (including phenoxy) is 1. The van der Waals surface area contributed by atoms with Gasteiger partial charge >= 0.3 is 0 Å². The number of carbonyl (C=O) groups is 3. The van der Waals surface area contributed by atoms with Crippen LogP contribution in [-0.2, 0) is 4.79 Å². The molecule has 3 amide bonds. The Morgan fingerprint density at radius 3 is 2.39 bits per heavy atom. The molecule has 1 saturated heterocycles. The van der Waals surface area contributed by atoms with Crippen molar-refractivity contribution in [3.8, 4) is 11.8 Å². The Labute approximate surface area is 189 Å². The summed E-state index contributed by atoms with van der Waals surface area (Å²) in [6.45, 7) is -1.23. The Hall–Kier alpha value is -4.07. The number of primary amides is 1. The number of nitrogens with zero attached hydrogens (tertiary/aromatic N) is 3. The van der Waals surface area contributed by atoms with Crippen molar-refractivity contribution in [1.82, 2.24) is 15.2 Å². The highest BCUT2D eigenvalue weighted by atomic mass is 19.3. The number of piperidine rings is 1. The molecule has 0 bridgehead atoms. The number of amides is 3. The van der Waals surface area contributed by atoms with Crippen LogP contribution in [0.1, 0.15) is 33.6 Å². The number of nitrogens with one attached hydrogen (secondary N) is 1. The Morgan fingerprint density at radius 2 is 1.85 bits per heavy atom. The lowest BCUT2D eigenvalue weighted by molar-refractivity contribution is -0.143. The summed E-state index contributed by atoms with van der Waals surface area (Å²) in [7, 11) is 1.57. The van der Waals surface area contributed by atoms with Crippen molar-refractivity contribution in [2.45, 2.75) is 24.8 Å². The number of hydrogen-bond acceptors (Lipinski definition) is 6. The molecular weight excluding hydrogens is 436 g/mol. The molecule has 11 heteroatoms. The minimum Gasteiger partial charge on any atom is -0.497 e. The fraction of sp³-hybridized carbons (Fsp3) is 0.318. The first-order valence-electron chi connectivity index (χ1n) is 9.86. The lowest BCUT2D eigenvalue weighted by Gasteiger charge is -2.36. The van der Waals surface area contributed by atoms with Gasteiger partial charge in [0.15, 0.2) is 0 Å². The first kappa shape index (κ1) is 25.2. The van der Waals surface area contributed by atoms with Crippen molar-refractivity contribution in [2.24, 2.45) is 5.73 Å². The van der Waals surface area contributed by atoms with Crippen LogP contribution in [0.25, 0.3) is 0 Å². The molecule has 174 valence electrons.